The van der Waals surface area contributed by atoms with Crippen LogP contribution in [-0.2, 0) is 0 Å². The van der Waals surface area contributed by atoms with Crippen molar-refractivity contribution in [2.45, 2.75) is 39.3 Å². The van der Waals surface area contributed by atoms with Crippen LogP contribution in [-0.4, -0.2) is 5.54 Å². The van der Waals surface area contributed by atoms with Crippen molar-refractivity contribution in [3.8, 4) is 16.9 Å². The number of hydrogen-bond acceptors (Lipinski definition) is 2. The zero-order valence-electron chi connectivity index (χ0n) is 17.4. The number of hydrogen-bond donors (Lipinski definition) is 1. The summed E-state index contributed by atoms with van der Waals surface area (Å²) in [6.07, 6.45) is 1.93. The molecule has 0 saturated carbocycles. The van der Waals surface area contributed by atoms with E-state index in [0.717, 1.165) is 44.1 Å². The molecule has 2 aliphatic heterocycles. The van der Waals surface area contributed by atoms with Gasteiger partial charge in [0.1, 0.15) is 11.6 Å². The molecular weight excluding hydrogens is 397 g/mol. The first-order chi connectivity index (χ1) is 14.2. The molecule has 2 heterocycles. The molecule has 0 amide bonds. The number of anilines is 1. The van der Waals surface area contributed by atoms with Gasteiger partial charge in [-0.15, -0.1) is 0 Å². The van der Waals surface area contributed by atoms with E-state index in [-0.39, 0.29) is 17.5 Å². The number of rotatable bonds is 1. The molecule has 0 bridgehead atoms. The van der Waals surface area contributed by atoms with Gasteiger partial charge in [-0.25, -0.2) is 4.39 Å². The van der Waals surface area contributed by atoms with Crippen LogP contribution in [0.2, 0.25) is 5.02 Å². The summed E-state index contributed by atoms with van der Waals surface area (Å²) in [6.45, 7) is 8.43. The van der Waals surface area contributed by atoms with Gasteiger partial charge in [0.05, 0.1) is 5.54 Å². The van der Waals surface area contributed by atoms with E-state index in [9.17, 15) is 4.39 Å². The quantitative estimate of drug-likeness (QED) is 0.439. The third-order valence-corrected chi connectivity index (χ3v) is 6.32. The zero-order valence-corrected chi connectivity index (χ0v) is 18.2. The largest absolute Gasteiger partial charge is 0.480 e. The maximum absolute atomic E-state index is 14.1. The van der Waals surface area contributed by atoms with Crippen molar-refractivity contribution in [2.24, 2.45) is 0 Å². The van der Waals surface area contributed by atoms with Crippen LogP contribution < -0.4 is 10.1 Å². The maximum atomic E-state index is 14.1. The molecule has 0 aromatic heterocycles. The van der Waals surface area contributed by atoms with Crippen molar-refractivity contribution >= 4 is 22.9 Å². The van der Waals surface area contributed by atoms with Crippen molar-refractivity contribution in [2.75, 3.05) is 5.32 Å². The first-order valence-corrected chi connectivity index (χ1v) is 10.5. The third kappa shape index (κ3) is 3.00. The molecule has 2 nitrogen and oxygen atoms in total. The van der Waals surface area contributed by atoms with Crippen LogP contribution >= 0.6 is 11.6 Å². The smallest absolute Gasteiger partial charge is 0.150 e. The van der Waals surface area contributed by atoms with Gasteiger partial charge in [0.25, 0.3) is 0 Å². The van der Waals surface area contributed by atoms with Crippen LogP contribution in [0.4, 0.5) is 10.1 Å². The summed E-state index contributed by atoms with van der Waals surface area (Å²) in [5, 5.41) is 4.35. The highest BCUT2D eigenvalue weighted by Gasteiger charge is 2.34. The number of benzene rings is 3. The van der Waals surface area contributed by atoms with Crippen LogP contribution in [0.3, 0.4) is 0 Å². The van der Waals surface area contributed by atoms with Gasteiger partial charge in [0, 0.05) is 27.4 Å². The maximum Gasteiger partial charge on any atom is 0.150 e. The number of aryl methyl sites for hydroxylation is 1. The summed E-state index contributed by atoms with van der Waals surface area (Å²) in [4.78, 5) is 0. The average molecular weight is 420 g/mol. The van der Waals surface area contributed by atoms with Gasteiger partial charge >= 0.3 is 0 Å². The number of allylic oxidation sites excluding steroid dienone is 1. The number of halogens is 2. The molecule has 1 atom stereocenters. The molecule has 3 aromatic carbocycles. The van der Waals surface area contributed by atoms with Gasteiger partial charge in [-0.05, 0) is 80.3 Å². The molecular formula is C26H23ClFNO. The Morgan fingerprint density at radius 3 is 2.57 bits per heavy atom. The van der Waals surface area contributed by atoms with Crippen molar-refractivity contribution in [3.05, 3.63) is 87.7 Å². The Morgan fingerprint density at radius 1 is 1.00 bits per heavy atom. The average Bonchev–Trinajstić information content (AvgIpc) is 2.68. The predicted molar refractivity (Wildman–Crippen MR) is 122 cm³/mol. The summed E-state index contributed by atoms with van der Waals surface area (Å²) < 4.78 is 20.6. The normalized spacial score (nSPS) is 18.3. The fourth-order valence-electron chi connectivity index (χ4n) is 4.72. The van der Waals surface area contributed by atoms with Crippen LogP contribution in [0.1, 0.15) is 49.1 Å². The Bertz CT molecular complexity index is 1230. The van der Waals surface area contributed by atoms with Gasteiger partial charge in [-0.3, -0.25) is 0 Å². The van der Waals surface area contributed by atoms with Gasteiger partial charge in [0.15, 0.2) is 6.10 Å². The summed E-state index contributed by atoms with van der Waals surface area (Å²) in [7, 11) is 0. The first-order valence-electron chi connectivity index (χ1n) is 10.1. The standard InChI is InChI=1S/C26H23ClFNO/c1-14-11-16(5-8-20(14)27)25-24-18(19-12-17(28)6-10-22(19)30-25)7-9-21-23(24)15(2)13-26(3,4)29-21/h5-13,25,29H,1-4H3. The lowest BCUT2D eigenvalue weighted by Crippen LogP contribution is -2.32. The Kier molecular flexibility index (Phi) is 4.23. The summed E-state index contributed by atoms with van der Waals surface area (Å²) in [5.74, 6) is 0.417. The summed E-state index contributed by atoms with van der Waals surface area (Å²) >= 11 is 6.29. The minimum atomic E-state index is -0.310. The van der Waals surface area contributed by atoms with Crippen molar-refractivity contribution in [1.82, 2.24) is 0 Å². The van der Waals surface area contributed by atoms with E-state index in [1.54, 1.807) is 12.1 Å². The molecule has 0 aliphatic carbocycles. The van der Waals surface area contributed by atoms with Crippen LogP contribution in [0, 0.1) is 12.7 Å². The minimum Gasteiger partial charge on any atom is -0.480 e. The Balaban J connectivity index is 1.81. The fourth-order valence-corrected chi connectivity index (χ4v) is 4.84. The Hall–Kier alpha value is -2.78. The minimum absolute atomic E-state index is 0.142. The number of fused-ring (bicyclic) bond motifs is 5. The van der Waals surface area contributed by atoms with E-state index >= 15 is 0 Å². The molecule has 1 unspecified atom stereocenters. The van der Waals surface area contributed by atoms with Crippen LogP contribution in [0.15, 0.2) is 54.6 Å². The molecule has 2 aliphatic rings. The molecule has 0 fully saturated rings. The molecule has 5 rings (SSSR count). The fraction of sp³-hybridized carbons (Fsp3) is 0.231. The lowest BCUT2D eigenvalue weighted by atomic mass is 9.80. The number of nitrogens with one attached hydrogen (secondary N) is 1. The lowest BCUT2D eigenvalue weighted by molar-refractivity contribution is 0.243. The van der Waals surface area contributed by atoms with E-state index in [2.05, 4.69) is 50.4 Å². The highest BCUT2D eigenvalue weighted by molar-refractivity contribution is 6.31. The van der Waals surface area contributed by atoms with Crippen molar-refractivity contribution in [3.63, 3.8) is 0 Å². The first kappa shape index (κ1) is 19.2. The second-order valence-corrected chi connectivity index (χ2v) is 9.18. The molecule has 30 heavy (non-hydrogen) atoms. The molecule has 0 spiro atoms. The molecule has 4 heteroatoms. The van der Waals surface area contributed by atoms with E-state index in [4.69, 9.17) is 16.3 Å². The summed E-state index contributed by atoms with van der Waals surface area (Å²) in [5.41, 5.74) is 8.11. The molecule has 1 N–H and O–H groups in total. The number of ether oxygens (including phenoxy) is 1. The molecule has 0 saturated heterocycles. The topological polar surface area (TPSA) is 21.3 Å². The molecule has 3 aromatic rings. The van der Waals surface area contributed by atoms with Gasteiger partial charge < -0.3 is 10.1 Å². The van der Waals surface area contributed by atoms with Gasteiger partial charge in [-0.1, -0.05) is 35.9 Å². The highest BCUT2D eigenvalue weighted by Crippen LogP contribution is 2.51. The Morgan fingerprint density at radius 2 is 1.80 bits per heavy atom. The second kappa shape index (κ2) is 6.61. The van der Waals surface area contributed by atoms with Gasteiger partial charge in [0.2, 0.25) is 0 Å². The lowest BCUT2D eigenvalue weighted by Gasteiger charge is -2.37. The van der Waals surface area contributed by atoms with Crippen LogP contribution in [0.5, 0.6) is 5.75 Å². The van der Waals surface area contributed by atoms with Gasteiger partial charge in [-0.2, -0.15) is 0 Å². The van der Waals surface area contributed by atoms with E-state index in [1.807, 2.05) is 19.1 Å². The van der Waals surface area contributed by atoms with E-state index < -0.39 is 0 Å². The van der Waals surface area contributed by atoms with Crippen molar-refractivity contribution in [1.29, 1.82) is 0 Å². The molecule has 0 radical (unpaired) electrons. The SMILES string of the molecule is CC1=CC(C)(C)Nc2ccc3c(c21)C(c1ccc(Cl)c(C)c1)Oc1ccc(F)cc1-3. The van der Waals surface area contributed by atoms with Crippen LogP contribution in [0.25, 0.3) is 16.7 Å². The predicted octanol–water partition coefficient (Wildman–Crippen LogP) is 7.54. The Labute approximate surface area is 181 Å². The zero-order chi connectivity index (χ0) is 21.2. The summed E-state index contributed by atoms with van der Waals surface area (Å²) in [6, 6.07) is 14.9. The second-order valence-electron chi connectivity index (χ2n) is 8.77. The van der Waals surface area contributed by atoms with E-state index in [1.165, 1.54) is 11.6 Å². The monoisotopic (exact) mass is 419 g/mol. The van der Waals surface area contributed by atoms with E-state index in [0.29, 0.717) is 5.75 Å². The molecule has 152 valence electrons. The van der Waals surface area contributed by atoms with Crippen molar-refractivity contribution < 1.29 is 9.13 Å². The highest BCUT2D eigenvalue weighted by atomic mass is 35.5. The third-order valence-electron chi connectivity index (χ3n) is 5.90.